The number of rotatable bonds is 2. The molecule has 0 spiro atoms. The number of aliphatic carboxylic acids is 1. The summed E-state index contributed by atoms with van der Waals surface area (Å²) in [5.41, 5.74) is -0.970. The van der Waals surface area contributed by atoms with E-state index in [0.29, 0.717) is 12.8 Å². The Hall–Kier alpha value is -1.26. The van der Waals surface area contributed by atoms with Gasteiger partial charge in [-0.1, -0.05) is 0 Å². The van der Waals surface area contributed by atoms with Crippen molar-refractivity contribution >= 4 is 12.1 Å². The summed E-state index contributed by atoms with van der Waals surface area (Å²) < 4.78 is 5.11. The average molecular weight is 229 g/mol. The van der Waals surface area contributed by atoms with Gasteiger partial charge in [-0.15, -0.1) is 0 Å². The Balaban J connectivity index is 2.39. The second kappa shape index (κ2) is 3.96. The van der Waals surface area contributed by atoms with Crippen LogP contribution in [-0.2, 0) is 9.53 Å². The minimum atomic E-state index is -0.802. The highest BCUT2D eigenvalue weighted by Gasteiger charge is 2.45. The lowest BCUT2D eigenvalue weighted by molar-refractivity contribution is -0.147. The molecule has 92 valence electrons. The van der Waals surface area contributed by atoms with Gasteiger partial charge in [0.2, 0.25) is 0 Å². The molecular weight excluding hydrogens is 210 g/mol. The van der Waals surface area contributed by atoms with Crippen molar-refractivity contribution in [2.45, 2.75) is 51.7 Å². The van der Waals surface area contributed by atoms with E-state index >= 15 is 0 Å². The molecule has 1 amide bonds. The molecule has 1 fully saturated rings. The molecular formula is C11H19NO4. The second-order valence-electron chi connectivity index (χ2n) is 5.63. The van der Waals surface area contributed by atoms with Gasteiger partial charge in [-0.25, -0.2) is 4.79 Å². The number of nitrogens with one attached hydrogen (secondary N) is 1. The molecule has 0 heterocycles. The minimum Gasteiger partial charge on any atom is -0.481 e. The number of hydrogen-bond donors (Lipinski definition) is 2. The predicted molar refractivity (Wildman–Crippen MR) is 58.1 cm³/mol. The zero-order valence-electron chi connectivity index (χ0n) is 10.2. The molecule has 0 atom stereocenters. The lowest BCUT2D eigenvalue weighted by Gasteiger charge is -2.43. The monoisotopic (exact) mass is 229 g/mol. The molecule has 0 radical (unpaired) electrons. The van der Waals surface area contributed by atoms with Crippen molar-refractivity contribution in [3.05, 3.63) is 0 Å². The van der Waals surface area contributed by atoms with Crippen molar-refractivity contribution in [3.63, 3.8) is 0 Å². The van der Waals surface area contributed by atoms with Crippen LogP contribution in [0, 0.1) is 5.92 Å². The number of alkyl carbamates (subject to hydrolysis) is 1. The Morgan fingerprint density at radius 2 is 1.88 bits per heavy atom. The summed E-state index contributed by atoms with van der Waals surface area (Å²) in [4.78, 5) is 22.1. The van der Waals surface area contributed by atoms with Crippen molar-refractivity contribution in [1.82, 2.24) is 5.32 Å². The summed E-state index contributed by atoms with van der Waals surface area (Å²) in [6, 6.07) is 0. The molecule has 16 heavy (non-hydrogen) atoms. The molecule has 5 nitrogen and oxygen atoms in total. The molecule has 0 aromatic heterocycles. The fraction of sp³-hybridized carbons (Fsp3) is 0.818. The van der Waals surface area contributed by atoms with Crippen LogP contribution >= 0.6 is 0 Å². The first-order valence-corrected chi connectivity index (χ1v) is 5.35. The topological polar surface area (TPSA) is 75.6 Å². The van der Waals surface area contributed by atoms with Gasteiger partial charge in [-0.2, -0.15) is 0 Å². The largest absolute Gasteiger partial charge is 0.481 e. The average Bonchev–Trinajstić information content (AvgIpc) is 1.94. The van der Waals surface area contributed by atoms with Crippen molar-refractivity contribution in [2.75, 3.05) is 0 Å². The summed E-state index contributed by atoms with van der Waals surface area (Å²) in [6.07, 6.45) is 0.433. The van der Waals surface area contributed by atoms with E-state index in [1.165, 1.54) is 0 Å². The number of carbonyl (C=O) groups excluding carboxylic acids is 1. The van der Waals surface area contributed by atoms with Crippen LogP contribution in [0.2, 0.25) is 0 Å². The van der Waals surface area contributed by atoms with Crippen molar-refractivity contribution in [1.29, 1.82) is 0 Å². The first-order chi connectivity index (χ1) is 7.11. The first kappa shape index (κ1) is 12.8. The summed E-state index contributed by atoms with van der Waals surface area (Å²) in [7, 11) is 0. The second-order valence-corrected chi connectivity index (χ2v) is 5.63. The maximum atomic E-state index is 11.5. The number of ether oxygens (including phenoxy) is 1. The molecule has 2 N–H and O–H groups in total. The molecule has 1 aliphatic carbocycles. The van der Waals surface area contributed by atoms with Gasteiger partial charge in [0.15, 0.2) is 0 Å². The van der Waals surface area contributed by atoms with Gasteiger partial charge < -0.3 is 15.2 Å². The fourth-order valence-corrected chi connectivity index (χ4v) is 1.85. The summed E-state index contributed by atoms with van der Waals surface area (Å²) in [5, 5.41) is 11.5. The maximum absolute atomic E-state index is 11.5. The van der Waals surface area contributed by atoms with E-state index in [0.717, 1.165) is 0 Å². The van der Waals surface area contributed by atoms with Gasteiger partial charge in [0.1, 0.15) is 5.60 Å². The van der Waals surface area contributed by atoms with Gasteiger partial charge in [0.25, 0.3) is 0 Å². The van der Waals surface area contributed by atoms with Crippen LogP contribution in [0.1, 0.15) is 40.5 Å². The Bertz CT molecular complexity index is 300. The predicted octanol–water partition coefficient (Wildman–Crippen LogP) is 1.76. The van der Waals surface area contributed by atoms with E-state index in [1.807, 2.05) is 6.92 Å². The SMILES string of the molecule is CC1(NC(=O)OC(C)(C)C)CC(C(=O)O)C1. The van der Waals surface area contributed by atoms with E-state index in [-0.39, 0.29) is 5.92 Å². The quantitative estimate of drug-likeness (QED) is 0.756. The van der Waals surface area contributed by atoms with Crippen molar-refractivity contribution in [3.8, 4) is 0 Å². The Labute approximate surface area is 95.2 Å². The van der Waals surface area contributed by atoms with E-state index in [4.69, 9.17) is 9.84 Å². The van der Waals surface area contributed by atoms with E-state index < -0.39 is 23.2 Å². The third-order valence-electron chi connectivity index (χ3n) is 2.55. The number of hydrogen-bond acceptors (Lipinski definition) is 3. The van der Waals surface area contributed by atoms with Crippen LogP contribution in [0.5, 0.6) is 0 Å². The Morgan fingerprint density at radius 1 is 1.38 bits per heavy atom. The number of carbonyl (C=O) groups is 2. The van der Waals surface area contributed by atoms with E-state index in [1.54, 1.807) is 20.8 Å². The molecule has 1 rings (SSSR count). The standard InChI is InChI=1S/C11H19NO4/c1-10(2,3)16-9(15)12-11(4)5-7(6-11)8(13)14/h7H,5-6H2,1-4H3,(H,12,15)(H,13,14). The van der Waals surface area contributed by atoms with Gasteiger partial charge in [0, 0.05) is 5.54 Å². The number of carboxylic acids is 1. The van der Waals surface area contributed by atoms with Gasteiger partial charge in [-0.05, 0) is 40.5 Å². The summed E-state index contributed by atoms with van der Waals surface area (Å²) in [6.45, 7) is 7.19. The Kier molecular flexibility index (Phi) is 3.17. The van der Waals surface area contributed by atoms with E-state index in [2.05, 4.69) is 5.32 Å². The molecule has 0 unspecified atom stereocenters. The first-order valence-electron chi connectivity index (χ1n) is 5.35. The normalized spacial score (nSPS) is 29.1. The third-order valence-corrected chi connectivity index (χ3v) is 2.55. The van der Waals surface area contributed by atoms with Gasteiger partial charge in [0.05, 0.1) is 5.92 Å². The highest BCUT2D eigenvalue weighted by atomic mass is 16.6. The fourth-order valence-electron chi connectivity index (χ4n) is 1.85. The van der Waals surface area contributed by atoms with Crippen LogP contribution in [0.15, 0.2) is 0 Å². The van der Waals surface area contributed by atoms with Crippen LogP contribution in [0.3, 0.4) is 0 Å². The van der Waals surface area contributed by atoms with Crippen LogP contribution < -0.4 is 5.32 Å². The zero-order valence-corrected chi connectivity index (χ0v) is 10.2. The number of amides is 1. The van der Waals surface area contributed by atoms with Crippen molar-refractivity contribution < 1.29 is 19.4 Å². The molecule has 0 saturated heterocycles. The minimum absolute atomic E-state index is 0.347. The van der Waals surface area contributed by atoms with Gasteiger partial charge in [-0.3, -0.25) is 4.79 Å². The summed E-state index contributed by atoms with van der Waals surface area (Å²) in [5.74, 6) is -1.15. The lowest BCUT2D eigenvalue weighted by atomic mass is 9.69. The van der Waals surface area contributed by atoms with E-state index in [9.17, 15) is 9.59 Å². The highest BCUT2D eigenvalue weighted by Crippen LogP contribution is 2.37. The van der Waals surface area contributed by atoms with Crippen LogP contribution in [-0.4, -0.2) is 28.3 Å². The smallest absolute Gasteiger partial charge is 0.408 e. The molecule has 0 aromatic carbocycles. The molecule has 0 aromatic rings. The van der Waals surface area contributed by atoms with Crippen LogP contribution in [0.25, 0.3) is 0 Å². The van der Waals surface area contributed by atoms with Gasteiger partial charge >= 0.3 is 12.1 Å². The third kappa shape index (κ3) is 3.40. The zero-order chi connectivity index (χ0) is 12.6. The van der Waals surface area contributed by atoms with Crippen LogP contribution in [0.4, 0.5) is 4.79 Å². The molecule has 0 aliphatic heterocycles. The lowest BCUT2D eigenvalue weighted by Crippen LogP contribution is -2.57. The Morgan fingerprint density at radius 3 is 2.25 bits per heavy atom. The summed E-state index contributed by atoms with van der Waals surface area (Å²) >= 11 is 0. The molecule has 1 aliphatic rings. The number of carboxylic acid groups (broad SMARTS) is 1. The highest BCUT2D eigenvalue weighted by molar-refractivity contribution is 5.74. The van der Waals surface area contributed by atoms with Crippen molar-refractivity contribution in [2.24, 2.45) is 5.92 Å². The molecule has 5 heteroatoms. The maximum Gasteiger partial charge on any atom is 0.408 e. The molecule has 0 bridgehead atoms. The molecule has 1 saturated carbocycles.